The van der Waals surface area contributed by atoms with Crippen LogP contribution >= 0.6 is 0 Å². The van der Waals surface area contributed by atoms with E-state index >= 15 is 0 Å². The van der Waals surface area contributed by atoms with Crippen molar-refractivity contribution < 1.29 is 9.90 Å². The zero-order chi connectivity index (χ0) is 14.2. The minimum absolute atomic E-state index is 0.180. The van der Waals surface area contributed by atoms with Crippen molar-refractivity contribution in [1.29, 1.82) is 0 Å². The minimum Gasteiger partial charge on any atom is -0.388 e. The van der Waals surface area contributed by atoms with Crippen molar-refractivity contribution in [3.63, 3.8) is 0 Å². The Morgan fingerprint density at radius 1 is 1.40 bits per heavy atom. The molecule has 1 amide bonds. The molecule has 3 N–H and O–H groups in total. The van der Waals surface area contributed by atoms with E-state index in [-0.39, 0.29) is 18.3 Å². The molecule has 110 valence electrons. The van der Waals surface area contributed by atoms with Crippen molar-refractivity contribution >= 4 is 5.91 Å². The molecule has 0 aromatic carbocycles. The lowest BCUT2D eigenvalue weighted by atomic mass is 9.79. The Morgan fingerprint density at radius 2 is 2.10 bits per heavy atom. The highest BCUT2D eigenvalue weighted by atomic mass is 16.3. The topological polar surface area (TPSA) is 90.9 Å². The molecular weight excluding hydrogens is 256 g/mol. The van der Waals surface area contributed by atoms with E-state index in [1.165, 1.54) is 0 Å². The molecule has 0 spiro atoms. The summed E-state index contributed by atoms with van der Waals surface area (Å²) in [5, 5.41) is 20.0. The van der Waals surface area contributed by atoms with Gasteiger partial charge < -0.3 is 10.4 Å². The van der Waals surface area contributed by atoms with Gasteiger partial charge in [0, 0.05) is 12.5 Å². The number of hydrogen-bond donors (Lipinski definition) is 3. The molecule has 6 nitrogen and oxygen atoms in total. The number of nitrogens with zero attached hydrogens (tertiary/aromatic N) is 2. The lowest BCUT2D eigenvalue weighted by Gasteiger charge is -2.34. The SMILES string of the molecule is CC1CCC(O)(CNC(=O)c2n[nH]c(C3CC3)n2)CC1. The molecule has 2 aliphatic rings. The van der Waals surface area contributed by atoms with Crippen molar-refractivity contribution in [3.05, 3.63) is 11.6 Å². The summed E-state index contributed by atoms with van der Waals surface area (Å²) in [6, 6.07) is 0. The van der Waals surface area contributed by atoms with Gasteiger partial charge in [-0.2, -0.15) is 0 Å². The van der Waals surface area contributed by atoms with Crippen molar-refractivity contribution in [2.24, 2.45) is 5.92 Å². The van der Waals surface area contributed by atoms with Crippen LogP contribution in [0.15, 0.2) is 0 Å². The van der Waals surface area contributed by atoms with E-state index in [0.29, 0.717) is 11.8 Å². The monoisotopic (exact) mass is 278 g/mol. The number of carbonyl (C=O) groups is 1. The number of nitrogens with one attached hydrogen (secondary N) is 2. The number of amides is 1. The van der Waals surface area contributed by atoms with Gasteiger partial charge in [0.2, 0.25) is 5.82 Å². The maximum absolute atomic E-state index is 12.0. The first-order valence-corrected chi connectivity index (χ1v) is 7.49. The van der Waals surface area contributed by atoms with Gasteiger partial charge in [0.1, 0.15) is 5.82 Å². The van der Waals surface area contributed by atoms with E-state index in [2.05, 4.69) is 27.4 Å². The molecule has 1 aromatic rings. The summed E-state index contributed by atoms with van der Waals surface area (Å²) in [6.07, 6.45) is 5.76. The average molecular weight is 278 g/mol. The van der Waals surface area contributed by atoms with E-state index in [9.17, 15) is 9.90 Å². The van der Waals surface area contributed by atoms with E-state index in [1.54, 1.807) is 0 Å². The summed E-state index contributed by atoms with van der Waals surface area (Å²) in [7, 11) is 0. The third-order valence-electron chi connectivity index (χ3n) is 4.45. The number of hydrogen-bond acceptors (Lipinski definition) is 4. The van der Waals surface area contributed by atoms with E-state index in [1.807, 2.05) is 0 Å². The Balaban J connectivity index is 1.53. The molecule has 2 aliphatic carbocycles. The Kier molecular flexibility index (Phi) is 3.50. The van der Waals surface area contributed by atoms with Crippen LogP contribution in [0.3, 0.4) is 0 Å². The standard InChI is InChI=1S/C14H22N4O2/c1-9-4-6-14(20,7-5-9)8-15-13(19)12-16-11(17-18-12)10-2-3-10/h9-10,20H,2-8H2,1H3,(H,15,19)(H,16,17,18). The molecule has 2 saturated carbocycles. The fourth-order valence-corrected chi connectivity index (χ4v) is 2.72. The van der Waals surface area contributed by atoms with E-state index in [0.717, 1.165) is 44.3 Å². The molecule has 6 heteroatoms. The molecule has 0 radical (unpaired) electrons. The summed E-state index contributed by atoms with van der Waals surface area (Å²) < 4.78 is 0. The first-order valence-electron chi connectivity index (χ1n) is 7.49. The number of aliphatic hydroxyl groups is 1. The number of H-pyrrole nitrogens is 1. The van der Waals surface area contributed by atoms with Gasteiger partial charge in [0.15, 0.2) is 0 Å². The average Bonchev–Trinajstić information content (AvgIpc) is 3.18. The van der Waals surface area contributed by atoms with Crippen molar-refractivity contribution in [2.45, 2.75) is 57.0 Å². The smallest absolute Gasteiger partial charge is 0.291 e. The molecule has 0 aliphatic heterocycles. The zero-order valence-corrected chi connectivity index (χ0v) is 11.9. The summed E-state index contributed by atoms with van der Waals surface area (Å²) in [6.45, 7) is 2.48. The predicted molar refractivity (Wildman–Crippen MR) is 73.3 cm³/mol. The Bertz CT molecular complexity index is 487. The first-order chi connectivity index (χ1) is 9.56. The molecule has 0 saturated heterocycles. The maximum Gasteiger partial charge on any atom is 0.291 e. The molecule has 1 aromatic heterocycles. The second-order valence-electron chi connectivity index (χ2n) is 6.41. The quantitative estimate of drug-likeness (QED) is 0.775. The van der Waals surface area contributed by atoms with Crippen molar-refractivity contribution in [2.75, 3.05) is 6.54 Å². The fraction of sp³-hybridized carbons (Fsp3) is 0.786. The molecule has 20 heavy (non-hydrogen) atoms. The van der Waals surface area contributed by atoms with E-state index < -0.39 is 5.60 Å². The summed E-state index contributed by atoms with van der Waals surface area (Å²) in [4.78, 5) is 16.2. The second-order valence-corrected chi connectivity index (χ2v) is 6.41. The molecule has 0 atom stereocenters. The number of aromatic amines is 1. The van der Waals surface area contributed by atoms with Crippen LogP contribution in [0.2, 0.25) is 0 Å². The van der Waals surface area contributed by atoms with Crippen LogP contribution in [-0.4, -0.2) is 38.3 Å². The molecule has 0 bridgehead atoms. The molecule has 2 fully saturated rings. The zero-order valence-electron chi connectivity index (χ0n) is 11.9. The Morgan fingerprint density at radius 3 is 2.75 bits per heavy atom. The third-order valence-corrected chi connectivity index (χ3v) is 4.45. The number of rotatable bonds is 4. The van der Waals surface area contributed by atoms with Crippen LogP contribution in [0.4, 0.5) is 0 Å². The largest absolute Gasteiger partial charge is 0.388 e. The highest BCUT2D eigenvalue weighted by Gasteiger charge is 2.33. The van der Waals surface area contributed by atoms with Gasteiger partial charge in [-0.05, 0) is 44.4 Å². The predicted octanol–water partition coefficient (Wildman–Crippen LogP) is 1.35. The first kappa shape index (κ1) is 13.5. The van der Waals surface area contributed by atoms with Crippen LogP contribution in [0.25, 0.3) is 0 Å². The second kappa shape index (κ2) is 5.16. The van der Waals surface area contributed by atoms with E-state index in [4.69, 9.17) is 0 Å². The summed E-state index contributed by atoms with van der Waals surface area (Å²) in [5.41, 5.74) is -0.766. The Hall–Kier alpha value is -1.43. The fourth-order valence-electron chi connectivity index (χ4n) is 2.72. The van der Waals surface area contributed by atoms with Crippen molar-refractivity contribution in [1.82, 2.24) is 20.5 Å². The summed E-state index contributed by atoms with van der Waals surface area (Å²) >= 11 is 0. The lowest BCUT2D eigenvalue weighted by Crippen LogP contribution is -2.45. The van der Waals surface area contributed by atoms with Crippen LogP contribution in [-0.2, 0) is 0 Å². The van der Waals surface area contributed by atoms with Gasteiger partial charge in [-0.15, -0.1) is 5.10 Å². The van der Waals surface area contributed by atoms with Gasteiger partial charge in [0.05, 0.1) is 5.60 Å². The third kappa shape index (κ3) is 3.00. The van der Waals surface area contributed by atoms with Gasteiger partial charge in [-0.3, -0.25) is 9.89 Å². The number of carbonyl (C=O) groups excluding carboxylic acids is 1. The van der Waals surface area contributed by atoms with Gasteiger partial charge in [-0.1, -0.05) is 6.92 Å². The lowest BCUT2D eigenvalue weighted by molar-refractivity contribution is -0.00547. The van der Waals surface area contributed by atoms with Crippen molar-refractivity contribution in [3.8, 4) is 0 Å². The van der Waals surface area contributed by atoms with Crippen LogP contribution < -0.4 is 5.32 Å². The molecule has 1 heterocycles. The number of aromatic nitrogens is 3. The van der Waals surface area contributed by atoms with Gasteiger partial charge >= 0.3 is 0 Å². The minimum atomic E-state index is -0.766. The highest BCUT2D eigenvalue weighted by molar-refractivity contribution is 5.90. The Labute approximate surface area is 118 Å². The highest BCUT2D eigenvalue weighted by Crippen LogP contribution is 2.37. The van der Waals surface area contributed by atoms with Gasteiger partial charge in [-0.25, -0.2) is 4.98 Å². The van der Waals surface area contributed by atoms with Gasteiger partial charge in [0.25, 0.3) is 5.91 Å². The van der Waals surface area contributed by atoms with Crippen LogP contribution in [0.5, 0.6) is 0 Å². The van der Waals surface area contributed by atoms with Crippen LogP contribution in [0, 0.1) is 5.92 Å². The normalized spacial score (nSPS) is 30.2. The summed E-state index contributed by atoms with van der Waals surface area (Å²) in [5.74, 6) is 1.80. The molecular formula is C14H22N4O2. The van der Waals surface area contributed by atoms with Crippen LogP contribution in [0.1, 0.15) is 67.8 Å². The maximum atomic E-state index is 12.0. The molecule has 3 rings (SSSR count). The molecule has 0 unspecified atom stereocenters.